The zero-order valence-electron chi connectivity index (χ0n) is 32.1. The highest BCUT2D eigenvalue weighted by molar-refractivity contribution is 6.07. The van der Waals surface area contributed by atoms with Crippen LogP contribution in [0.3, 0.4) is 0 Å². The third-order valence-electron chi connectivity index (χ3n) is 7.90. The predicted molar refractivity (Wildman–Crippen MR) is 197 cm³/mol. The van der Waals surface area contributed by atoms with Crippen molar-refractivity contribution >= 4 is 35.9 Å². The topological polar surface area (TPSA) is 167 Å². The second-order valence-electron chi connectivity index (χ2n) is 13.4. The molecule has 0 fully saturated rings. The molecule has 0 aliphatic carbocycles. The van der Waals surface area contributed by atoms with E-state index in [1.807, 2.05) is 26.8 Å². The Bertz CT molecular complexity index is 1780. The lowest BCUT2D eigenvalue weighted by atomic mass is 10.0. The smallest absolute Gasteiger partial charge is 0.439 e. The van der Waals surface area contributed by atoms with E-state index in [0.29, 0.717) is 28.3 Å². The van der Waals surface area contributed by atoms with E-state index in [1.54, 1.807) is 82.3 Å². The molecule has 0 aliphatic rings. The van der Waals surface area contributed by atoms with Crippen LogP contribution in [-0.2, 0) is 35.1 Å². The minimum atomic E-state index is -1.59. The number of imide groups is 1. The van der Waals surface area contributed by atoms with Crippen LogP contribution in [-0.4, -0.2) is 78.0 Å². The van der Waals surface area contributed by atoms with Crippen LogP contribution in [0.15, 0.2) is 66.7 Å². The Morgan fingerprint density at radius 2 is 1.46 bits per heavy atom. The number of hydrogen-bond acceptors (Lipinski definition) is 11. The van der Waals surface area contributed by atoms with Gasteiger partial charge in [0, 0.05) is 16.7 Å². The van der Waals surface area contributed by atoms with E-state index in [9.17, 15) is 28.8 Å². The summed E-state index contributed by atoms with van der Waals surface area (Å²) in [6, 6.07) is 17.0. The Kier molecular flexibility index (Phi) is 15.6. The van der Waals surface area contributed by atoms with Crippen molar-refractivity contribution in [3.05, 3.63) is 100 Å². The van der Waals surface area contributed by atoms with Crippen LogP contribution in [0.4, 0.5) is 9.59 Å². The van der Waals surface area contributed by atoms with Crippen LogP contribution in [0.25, 0.3) is 0 Å². The monoisotopic (exact) mass is 747 g/mol. The number of esters is 2. The number of carbonyl (C=O) groups excluding carboxylic acids is 6. The standard InChI is InChI=1S/C40H49N3O11/c1-9-10-19-51-38(48)41-32(23-34(44)52-24-29-15-12-11-13-16-29)37(47)53-25-54-39(49)42(36(46)31-17-14-18-33(50-8)28(31)4)43(40(5,6)7)35(45)30-21-26(2)20-27(3)22-30/h11-18,20-22,32H,9-10,19,23-25H2,1-8H3,(H,41,48). The number of ether oxygens (including phenoxy) is 5. The SMILES string of the molecule is CCCCOC(=O)NC(CC(=O)OCc1ccccc1)C(=O)OCOC(=O)N(C(=O)c1cccc(OC)c1C)N(C(=O)c1cc(C)cc(C)c1)C(C)(C)C. The molecule has 290 valence electrons. The van der Waals surface area contributed by atoms with E-state index in [0.717, 1.165) is 22.6 Å². The van der Waals surface area contributed by atoms with Gasteiger partial charge >= 0.3 is 24.1 Å². The molecular formula is C40H49N3O11. The molecule has 0 saturated heterocycles. The number of benzene rings is 3. The van der Waals surface area contributed by atoms with E-state index in [1.165, 1.54) is 13.2 Å². The predicted octanol–water partition coefficient (Wildman–Crippen LogP) is 6.58. The number of methoxy groups -OCH3 is 1. The van der Waals surface area contributed by atoms with Crippen molar-refractivity contribution in [2.75, 3.05) is 20.5 Å². The second kappa shape index (κ2) is 19.8. The number of alkyl carbamates (subject to hydrolysis) is 1. The van der Waals surface area contributed by atoms with Gasteiger partial charge < -0.3 is 29.0 Å². The highest BCUT2D eigenvalue weighted by Crippen LogP contribution is 2.28. The Morgan fingerprint density at radius 1 is 0.796 bits per heavy atom. The van der Waals surface area contributed by atoms with Crippen molar-refractivity contribution in [3.8, 4) is 5.75 Å². The molecule has 0 bridgehead atoms. The van der Waals surface area contributed by atoms with Crippen molar-refractivity contribution in [1.82, 2.24) is 15.3 Å². The molecular weight excluding hydrogens is 698 g/mol. The number of nitrogens with zero attached hydrogens (tertiary/aromatic N) is 2. The van der Waals surface area contributed by atoms with Crippen LogP contribution < -0.4 is 10.1 Å². The number of hydrogen-bond donors (Lipinski definition) is 1. The number of unbranched alkanes of at least 4 members (excludes halogenated alkanes) is 1. The molecule has 3 aromatic carbocycles. The summed E-state index contributed by atoms with van der Waals surface area (Å²) in [5.41, 5.74) is 1.72. The molecule has 54 heavy (non-hydrogen) atoms. The van der Waals surface area contributed by atoms with Gasteiger partial charge in [0.1, 0.15) is 18.4 Å². The van der Waals surface area contributed by atoms with Crippen molar-refractivity contribution in [1.29, 1.82) is 0 Å². The second-order valence-corrected chi connectivity index (χ2v) is 13.4. The molecule has 1 atom stereocenters. The average molecular weight is 748 g/mol. The number of nitrogens with one attached hydrogen (secondary N) is 1. The fraction of sp³-hybridized carbons (Fsp3) is 0.400. The van der Waals surface area contributed by atoms with Gasteiger partial charge in [-0.05, 0) is 77.8 Å². The van der Waals surface area contributed by atoms with Gasteiger partial charge in [0.2, 0.25) is 6.79 Å². The molecule has 0 saturated carbocycles. The molecule has 0 radical (unpaired) electrons. The first kappa shape index (κ1) is 42.5. The molecule has 4 amide bonds. The highest BCUT2D eigenvalue weighted by atomic mass is 16.7. The van der Waals surface area contributed by atoms with Gasteiger partial charge in [-0.15, -0.1) is 5.01 Å². The lowest BCUT2D eigenvalue weighted by Crippen LogP contribution is -2.60. The maximum Gasteiger partial charge on any atom is 0.439 e. The molecule has 1 N–H and O–H groups in total. The Balaban J connectivity index is 1.89. The normalized spacial score (nSPS) is 11.4. The van der Waals surface area contributed by atoms with Gasteiger partial charge in [-0.1, -0.05) is 66.9 Å². The van der Waals surface area contributed by atoms with Gasteiger partial charge in [-0.25, -0.2) is 19.4 Å². The fourth-order valence-corrected chi connectivity index (χ4v) is 5.30. The van der Waals surface area contributed by atoms with Crippen LogP contribution in [0.5, 0.6) is 5.75 Å². The van der Waals surface area contributed by atoms with E-state index in [4.69, 9.17) is 23.7 Å². The summed E-state index contributed by atoms with van der Waals surface area (Å²) < 4.78 is 26.2. The summed E-state index contributed by atoms with van der Waals surface area (Å²) in [6.45, 7) is 11.0. The number of amides is 4. The van der Waals surface area contributed by atoms with Gasteiger partial charge in [0.25, 0.3) is 11.8 Å². The number of rotatable bonds is 14. The molecule has 3 aromatic rings. The minimum absolute atomic E-state index is 0.0330. The summed E-state index contributed by atoms with van der Waals surface area (Å²) in [4.78, 5) is 80.9. The van der Waals surface area contributed by atoms with Crippen LogP contribution >= 0.6 is 0 Å². The van der Waals surface area contributed by atoms with E-state index in [2.05, 4.69) is 5.32 Å². The first-order chi connectivity index (χ1) is 25.6. The molecule has 0 aromatic heterocycles. The van der Waals surface area contributed by atoms with Crippen molar-refractivity contribution in [2.24, 2.45) is 0 Å². The van der Waals surface area contributed by atoms with Crippen molar-refractivity contribution < 1.29 is 52.5 Å². The van der Waals surface area contributed by atoms with Crippen molar-refractivity contribution in [2.45, 2.75) is 85.9 Å². The largest absolute Gasteiger partial charge is 0.496 e. The molecule has 14 nitrogen and oxygen atoms in total. The maximum absolute atomic E-state index is 14.3. The van der Waals surface area contributed by atoms with Gasteiger partial charge in [0.15, 0.2) is 0 Å². The first-order valence-electron chi connectivity index (χ1n) is 17.4. The lowest BCUT2D eigenvalue weighted by Gasteiger charge is -2.41. The number of aryl methyl sites for hydroxylation is 2. The summed E-state index contributed by atoms with van der Waals surface area (Å²) in [5, 5.41) is 3.83. The Morgan fingerprint density at radius 3 is 2.07 bits per heavy atom. The van der Waals surface area contributed by atoms with Gasteiger partial charge in [-0.2, -0.15) is 0 Å². The minimum Gasteiger partial charge on any atom is -0.496 e. The summed E-state index contributed by atoms with van der Waals surface area (Å²) in [7, 11) is 1.43. The zero-order chi connectivity index (χ0) is 40.0. The Hall–Kier alpha value is -5.92. The summed E-state index contributed by atoms with van der Waals surface area (Å²) in [6.07, 6.45) is -1.65. The first-order valence-corrected chi connectivity index (χ1v) is 17.4. The van der Waals surface area contributed by atoms with Crippen LogP contribution in [0.2, 0.25) is 0 Å². The third kappa shape index (κ3) is 12.1. The molecule has 3 rings (SSSR count). The molecule has 14 heteroatoms. The van der Waals surface area contributed by atoms with E-state index >= 15 is 0 Å². The zero-order valence-corrected chi connectivity index (χ0v) is 32.1. The molecule has 0 aliphatic heterocycles. The summed E-state index contributed by atoms with van der Waals surface area (Å²) in [5.74, 6) is -3.24. The van der Waals surface area contributed by atoms with Crippen LogP contribution in [0, 0.1) is 20.8 Å². The van der Waals surface area contributed by atoms with E-state index in [-0.39, 0.29) is 24.3 Å². The summed E-state index contributed by atoms with van der Waals surface area (Å²) >= 11 is 0. The quantitative estimate of drug-likeness (QED) is 0.0622. The Labute approximate surface area is 315 Å². The number of hydrazine groups is 1. The fourth-order valence-electron chi connectivity index (χ4n) is 5.30. The lowest BCUT2D eigenvalue weighted by molar-refractivity contribution is -0.159. The maximum atomic E-state index is 14.3. The average Bonchev–Trinajstić information content (AvgIpc) is 3.11. The van der Waals surface area contributed by atoms with Gasteiger partial charge in [0.05, 0.1) is 25.7 Å². The number of carbonyl (C=O) groups is 6. The highest BCUT2D eigenvalue weighted by Gasteiger charge is 2.42. The van der Waals surface area contributed by atoms with E-state index < -0.39 is 60.7 Å². The van der Waals surface area contributed by atoms with Gasteiger partial charge in [-0.3, -0.25) is 14.4 Å². The van der Waals surface area contributed by atoms with Crippen molar-refractivity contribution in [3.63, 3.8) is 0 Å². The molecule has 1 unspecified atom stereocenters. The van der Waals surface area contributed by atoms with Crippen LogP contribution in [0.1, 0.15) is 89.9 Å². The third-order valence-corrected chi connectivity index (χ3v) is 7.90. The molecule has 0 spiro atoms. The molecule has 0 heterocycles.